The van der Waals surface area contributed by atoms with Gasteiger partial charge in [-0.05, 0) is 43.3 Å². The normalized spacial score (nSPS) is 16.6. The van der Waals surface area contributed by atoms with Gasteiger partial charge in [-0.2, -0.15) is 5.10 Å². The molecule has 0 saturated carbocycles. The maximum atomic E-state index is 11.8. The lowest BCUT2D eigenvalue weighted by molar-refractivity contribution is -0.159. The number of halogens is 1. The minimum atomic E-state index is -0.869. The van der Waals surface area contributed by atoms with E-state index in [1.807, 2.05) is 18.2 Å². The van der Waals surface area contributed by atoms with Gasteiger partial charge in [-0.1, -0.05) is 11.6 Å². The standard InChI is InChI=1S/C17H17ClN2O4/c1-17(22-8-9-23-17)10-16(21)20-19-11-14-6-7-15(24-14)12-2-4-13(18)5-3-12/h2-7,11H,8-10H2,1H3,(H,20,21)/b19-11-. The van der Waals surface area contributed by atoms with Crippen molar-refractivity contribution in [3.63, 3.8) is 0 Å². The van der Waals surface area contributed by atoms with Gasteiger partial charge >= 0.3 is 0 Å². The van der Waals surface area contributed by atoms with Crippen molar-refractivity contribution in [2.75, 3.05) is 13.2 Å². The number of ether oxygens (including phenoxy) is 2. The zero-order valence-electron chi connectivity index (χ0n) is 13.1. The molecule has 7 heteroatoms. The van der Waals surface area contributed by atoms with E-state index < -0.39 is 5.79 Å². The maximum absolute atomic E-state index is 11.8. The smallest absolute Gasteiger partial charge is 0.245 e. The molecule has 1 amide bonds. The van der Waals surface area contributed by atoms with E-state index in [1.165, 1.54) is 6.21 Å². The Labute approximate surface area is 144 Å². The minimum absolute atomic E-state index is 0.0819. The van der Waals surface area contributed by atoms with E-state index in [0.29, 0.717) is 29.8 Å². The molecule has 0 aliphatic carbocycles. The number of hydrazone groups is 1. The molecule has 0 unspecified atom stereocenters. The van der Waals surface area contributed by atoms with Crippen molar-refractivity contribution in [2.24, 2.45) is 5.10 Å². The Morgan fingerprint density at radius 2 is 1.96 bits per heavy atom. The van der Waals surface area contributed by atoms with Crippen LogP contribution in [0.4, 0.5) is 0 Å². The molecular weight excluding hydrogens is 332 g/mol. The summed E-state index contributed by atoms with van der Waals surface area (Å²) in [4.78, 5) is 11.8. The van der Waals surface area contributed by atoms with E-state index >= 15 is 0 Å². The first-order valence-electron chi connectivity index (χ1n) is 7.50. The monoisotopic (exact) mass is 348 g/mol. The molecule has 1 aromatic heterocycles. The number of amides is 1. The first-order valence-corrected chi connectivity index (χ1v) is 7.87. The first-order chi connectivity index (χ1) is 11.5. The summed E-state index contributed by atoms with van der Waals surface area (Å²) in [6.07, 6.45) is 1.52. The van der Waals surface area contributed by atoms with Crippen LogP contribution < -0.4 is 5.43 Å². The summed E-state index contributed by atoms with van der Waals surface area (Å²) >= 11 is 5.86. The molecule has 1 aliphatic heterocycles. The molecule has 0 bridgehead atoms. The van der Waals surface area contributed by atoms with Crippen molar-refractivity contribution < 1.29 is 18.7 Å². The van der Waals surface area contributed by atoms with Crippen LogP contribution in [0.25, 0.3) is 11.3 Å². The van der Waals surface area contributed by atoms with Crippen LogP contribution in [-0.4, -0.2) is 31.1 Å². The van der Waals surface area contributed by atoms with Crippen LogP contribution >= 0.6 is 11.6 Å². The SMILES string of the molecule is CC1(CC(=O)N/N=C\c2ccc(-c3ccc(Cl)cc3)o2)OCCO1. The van der Waals surface area contributed by atoms with Gasteiger partial charge in [0.25, 0.3) is 0 Å². The number of carbonyl (C=O) groups is 1. The van der Waals surface area contributed by atoms with E-state index in [9.17, 15) is 4.79 Å². The third-order valence-corrected chi connectivity index (χ3v) is 3.77. The average Bonchev–Trinajstić information content (AvgIpc) is 3.17. The quantitative estimate of drug-likeness (QED) is 0.665. The summed E-state index contributed by atoms with van der Waals surface area (Å²) in [6, 6.07) is 10.9. The van der Waals surface area contributed by atoms with Crippen molar-refractivity contribution in [3.05, 3.63) is 47.2 Å². The zero-order chi connectivity index (χ0) is 17.0. The summed E-state index contributed by atoms with van der Waals surface area (Å²) in [6.45, 7) is 2.72. The highest BCUT2D eigenvalue weighted by Gasteiger charge is 2.33. The highest BCUT2D eigenvalue weighted by atomic mass is 35.5. The number of hydrogen-bond acceptors (Lipinski definition) is 5. The van der Waals surface area contributed by atoms with Crippen LogP contribution in [0.2, 0.25) is 5.02 Å². The third kappa shape index (κ3) is 4.23. The number of furan rings is 1. The van der Waals surface area contributed by atoms with Gasteiger partial charge in [0, 0.05) is 10.6 Å². The van der Waals surface area contributed by atoms with Crippen LogP contribution in [0.1, 0.15) is 19.1 Å². The Balaban J connectivity index is 1.55. The molecule has 1 saturated heterocycles. The second-order valence-corrected chi connectivity index (χ2v) is 5.95. The molecule has 0 atom stereocenters. The van der Waals surface area contributed by atoms with E-state index in [1.54, 1.807) is 25.1 Å². The predicted molar refractivity (Wildman–Crippen MR) is 89.8 cm³/mol. The van der Waals surface area contributed by atoms with Crippen LogP contribution in [0, 0.1) is 0 Å². The summed E-state index contributed by atoms with van der Waals surface area (Å²) in [5.74, 6) is 0.0612. The number of rotatable bonds is 5. The average molecular weight is 349 g/mol. The molecule has 1 aliphatic rings. The van der Waals surface area contributed by atoms with Gasteiger partial charge in [-0.25, -0.2) is 5.43 Å². The predicted octanol–water partition coefficient (Wildman–Crippen LogP) is 3.20. The van der Waals surface area contributed by atoms with E-state index in [2.05, 4.69) is 10.5 Å². The molecule has 1 N–H and O–H groups in total. The van der Waals surface area contributed by atoms with Crippen LogP contribution in [-0.2, 0) is 14.3 Å². The molecule has 2 heterocycles. The van der Waals surface area contributed by atoms with Gasteiger partial charge in [0.1, 0.15) is 11.5 Å². The molecule has 126 valence electrons. The molecule has 24 heavy (non-hydrogen) atoms. The molecule has 1 aromatic carbocycles. The molecule has 0 spiro atoms. The second-order valence-electron chi connectivity index (χ2n) is 5.51. The number of hydrogen-bond donors (Lipinski definition) is 1. The van der Waals surface area contributed by atoms with Crippen LogP contribution in [0.3, 0.4) is 0 Å². The molecule has 0 radical (unpaired) electrons. The van der Waals surface area contributed by atoms with E-state index in [4.69, 9.17) is 25.5 Å². The third-order valence-electron chi connectivity index (χ3n) is 3.52. The molecular formula is C17H17ClN2O4. The van der Waals surface area contributed by atoms with Gasteiger partial charge in [-0.3, -0.25) is 4.79 Å². The van der Waals surface area contributed by atoms with Gasteiger partial charge < -0.3 is 13.9 Å². The van der Waals surface area contributed by atoms with Crippen LogP contribution in [0.5, 0.6) is 0 Å². The van der Waals surface area contributed by atoms with Gasteiger partial charge in [0.2, 0.25) is 5.91 Å². The molecule has 3 rings (SSSR count). The first kappa shape index (κ1) is 16.7. The maximum Gasteiger partial charge on any atom is 0.245 e. The Morgan fingerprint density at radius 1 is 1.25 bits per heavy atom. The molecule has 2 aromatic rings. The fourth-order valence-corrected chi connectivity index (χ4v) is 2.48. The lowest BCUT2D eigenvalue weighted by Crippen LogP contribution is -2.33. The fraction of sp³-hybridized carbons (Fsp3) is 0.294. The Kier molecular flexibility index (Phi) is 4.99. The Bertz CT molecular complexity index is 733. The Morgan fingerprint density at radius 3 is 2.67 bits per heavy atom. The Hall–Kier alpha value is -2.15. The largest absolute Gasteiger partial charge is 0.455 e. The van der Waals surface area contributed by atoms with Crippen molar-refractivity contribution in [3.8, 4) is 11.3 Å². The topological polar surface area (TPSA) is 73.1 Å². The number of nitrogens with zero attached hydrogens (tertiary/aromatic N) is 1. The van der Waals surface area contributed by atoms with E-state index in [-0.39, 0.29) is 12.3 Å². The molecule has 1 fully saturated rings. The van der Waals surface area contributed by atoms with Gasteiger partial charge in [0.15, 0.2) is 5.79 Å². The number of carbonyl (C=O) groups excluding carboxylic acids is 1. The fourth-order valence-electron chi connectivity index (χ4n) is 2.35. The zero-order valence-corrected chi connectivity index (χ0v) is 13.9. The minimum Gasteiger partial charge on any atom is -0.455 e. The summed E-state index contributed by atoms with van der Waals surface area (Å²) < 4.78 is 16.4. The summed E-state index contributed by atoms with van der Waals surface area (Å²) in [5, 5.41) is 4.55. The number of nitrogens with one attached hydrogen (secondary N) is 1. The summed E-state index contributed by atoms with van der Waals surface area (Å²) in [5.41, 5.74) is 3.34. The van der Waals surface area contributed by atoms with Gasteiger partial charge in [0.05, 0.1) is 25.8 Å². The van der Waals surface area contributed by atoms with Crippen molar-refractivity contribution in [2.45, 2.75) is 19.1 Å². The van der Waals surface area contributed by atoms with Crippen LogP contribution in [0.15, 0.2) is 45.9 Å². The highest BCUT2D eigenvalue weighted by Crippen LogP contribution is 2.23. The highest BCUT2D eigenvalue weighted by molar-refractivity contribution is 6.30. The molecule has 6 nitrogen and oxygen atoms in total. The number of benzene rings is 1. The van der Waals surface area contributed by atoms with Crippen molar-refractivity contribution >= 4 is 23.7 Å². The summed E-state index contributed by atoms with van der Waals surface area (Å²) in [7, 11) is 0. The second kappa shape index (κ2) is 7.17. The van der Waals surface area contributed by atoms with Gasteiger partial charge in [-0.15, -0.1) is 0 Å². The van der Waals surface area contributed by atoms with Crippen molar-refractivity contribution in [1.29, 1.82) is 0 Å². The lowest BCUT2D eigenvalue weighted by atomic mass is 10.2. The van der Waals surface area contributed by atoms with E-state index in [0.717, 1.165) is 5.56 Å². The lowest BCUT2D eigenvalue weighted by Gasteiger charge is -2.20. The van der Waals surface area contributed by atoms with Crippen molar-refractivity contribution in [1.82, 2.24) is 5.43 Å².